The lowest BCUT2D eigenvalue weighted by atomic mass is 9.85. The van der Waals surface area contributed by atoms with Crippen molar-refractivity contribution < 1.29 is 24.2 Å². The highest BCUT2D eigenvalue weighted by atomic mass is 16.5. The molecule has 2 unspecified atom stereocenters. The fourth-order valence-electron chi connectivity index (χ4n) is 4.21. The minimum absolute atomic E-state index is 0.0139. The molecule has 2 atom stereocenters. The lowest BCUT2D eigenvalue weighted by Gasteiger charge is -2.32. The third-order valence-corrected chi connectivity index (χ3v) is 5.88. The number of amides is 2. The van der Waals surface area contributed by atoms with Gasteiger partial charge in [0, 0.05) is 48.7 Å². The van der Waals surface area contributed by atoms with Gasteiger partial charge in [0.2, 0.25) is 11.8 Å². The fourth-order valence-corrected chi connectivity index (χ4v) is 4.21. The number of hydrogen-bond acceptors (Lipinski definition) is 5. The molecule has 31 heavy (non-hydrogen) atoms. The van der Waals surface area contributed by atoms with E-state index in [1.807, 2.05) is 4.90 Å². The van der Waals surface area contributed by atoms with Crippen LogP contribution < -0.4 is 15.2 Å². The van der Waals surface area contributed by atoms with E-state index in [4.69, 9.17) is 15.2 Å². The quantitative estimate of drug-likeness (QED) is 0.707. The number of phenols is 1. The van der Waals surface area contributed by atoms with Crippen molar-refractivity contribution in [3.05, 3.63) is 53.1 Å². The van der Waals surface area contributed by atoms with E-state index in [0.29, 0.717) is 28.5 Å². The zero-order chi connectivity index (χ0) is 22.5. The smallest absolute Gasteiger partial charge is 0.248 e. The summed E-state index contributed by atoms with van der Waals surface area (Å²) in [5, 5.41) is 10.8. The molecule has 1 heterocycles. The molecule has 0 saturated carbocycles. The van der Waals surface area contributed by atoms with Gasteiger partial charge in [-0.1, -0.05) is 19.1 Å². The molecule has 3 N–H and O–H groups in total. The standard InChI is InChI=1S/C24H30N2O5/c1-15-5-4-10-26(14-15)22(28)13-19(16-6-8-17(9-7-16)24(25)29)23-20(27)11-18(30-2)12-21(23)31-3/h6-9,11-12,15,19,27H,4-5,10,13-14H2,1-3H3,(H2,25,29). The predicted molar refractivity (Wildman–Crippen MR) is 118 cm³/mol. The Kier molecular flexibility index (Phi) is 7.05. The van der Waals surface area contributed by atoms with Gasteiger partial charge in [0.1, 0.15) is 17.2 Å². The summed E-state index contributed by atoms with van der Waals surface area (Å²) in [5.41, 5.74) is 7.04. The van der Waals surface area contributed by atoms with Crippen molar-refractivity contribution in [2.24, 2.45) is 11.7 Å². The van der Waals surface area contributed by atoms with Crippen LogP contribution in [0.15, 0.2) is 36.4 Å². The van der Waals surface area contributed by atoms with E-state index in [9.17, 15) is 14.7 Å². The van der Waals surface area contributed by atoms with Crippen molar-refractivity contribution in [1.29, 1.82) is 0 Å². The second-order valence-electron chi connectivity index (χ2n) is 8.09. The highest BCUT2D eigenvalue weighted by molar-refractivity contribution is 5.92. The molecule has 1 aliphatic rings. The molecule has 1 saturated heterocycles. The first-order chi connectivity index (χ1) is 14.8. The number of primary amides is 1. The average Bonchev–Trinajstić information content (AvgIpc) is 2.77. The van der Waals surface area contributed by atoms with E-state index >= 15 is 0 Å². The van der Waals surface area contributed by atoms with Gasteiger partial charge in [0.15, 0.2) is 0 Å². The largest absolute Gasteiger partial charge is 0.507 e. The molecule has 2 aromatic carbocycles. The molecule has 0 aliphatic carbocycles. The summed E-state index contributed by atoms with van der Waals surface area (Å²) in [7, 11) is 3.02. The molecular weight excluding hydrogens is 396 g/mol. The van der Waals surface area contributed by atoms with Crippen molar-refractivity contribution in [1.82, 2.24) is 4.90 Å². The van der Waals surface area contributed by atoms with Gasteiger partial charge in [0.25, 0.3) is 0 Å². The summed E-state index contributed by atoms with van der Waals surface area (Å²) in [5.74, 6) is 0.374. The molecule has 166 valence electrons. The van der Waals surface area contributed by atoms with Gasteiger partial charge in [-0.15, -0.1) is 0 Å². The Labute approximate surface area is 182 Å². The lowest BCUT2D eigenvalue weighted by molar-refractivity contribution is -0.133. The van der Waals surface area contributed by atoms with E-state index in [2.05, 4.69) is 6.92 Å². The van der Waals surface area contributed by atoms with Crippen molar-refractivity contribution in [2.45, 2.75) is 32.1 Å². The first kappa shape index (κ1) is 22.5. The molecule has 1 aliphatic heterocycles. The maximum absolute atomic E-state index is 13.2. The van der Waals surface area contributed by atoms with Crippen LogP contribution >= 0.6 is 0 Å². The van der Waals surface area contributed by atoms with E-state index < -0.39 is 11.8 Å². The summed E-state index contributed by atoms with van der Waals surface area (Å²) in [6, 6.07) is 9.99. The van der Waals surface area contributed by atoms with E-state index in [-0.39, 0.29) is 18.1 Å². The number of benzene rings is 2. The maximum Gasteiger partial charge on any atom is 0.248 e. The number of aromatic hydroxyl groups is 1. The third kappa shape index (κ3) is 5.10. The van der Waals surface area contributed by atoms with Crippen LogP contribution in [-0.2, 0) is 4.79 Å². The van der Waals surface area contributed by atoms with Crippen LogP contribution in [0.3, 0.4) is 0 Å². The molecular formula is C24H30N2O5. The number of nitrogens with two attached hydrogens (primary N) is 1. The van der Waals surface area contributed by atoms with Crippen molar-refractivity contribution in [3.63, 3.8) is 0 Å². The van der Waals surface area contributed by atoms with Crippen molar-refractivity contribution >= 4 is 11.8 Å². The Hall–Kier alpha value is -3.22. The van der Waals surface area contributed by atoms with Crippen LogP contribution in [0, 0.1) is 5.92 Å². The zero-order valence-electron chi connectivity index (χ0n) is 18.3. The molecule has 0 bridgehead atoms. The van der Waals surface area contributed by atoms with E-state index in [0.717, 1.165) is 31.5 Å². The average molecular weight is 427 g/mol. The van der Waals surface area contributed by atoms with E-state index in [1.54, 1.807) is 30.3 Å². The molecule has 3 rings (SSSR count). The van der Waals surface area contributed by atoms with Crippen LogP contribution in [0.1, 0.15) is 53.6 Å². The minimum atomic E-state index is -0.522. The molecule has 7 heteroatoms. The Morgan fingerprint density at radius 1 is 1.19 bits per heavy atom. The first-order valence-corrected chi connectivity index (χ1v) is 10.5. The normalized spacial score (nSPS) is 17.1. The number of hydrogen-bond donors (Lipinski definition) is 2. The molecule has 0 aromatic heterocycles. The maximum atomic E-state index is 13.2. The van der Waals surface area contributed by atoms with Gasteiger partial charge in [0.05, 0.1) is 14.2 Å². The van der Waals surface area contributed by atoms with Crippen molar-refractivity contribution in [2.75, 3.05) is 27.3 Å². The number of piperidine rings is 1. The third-order valence-electron chi connectivity index (χ3n) is 5.88. The van der Waals surface area contributed by atoms with Gasteiger partial charge >= 0.3 is 0 Å². The highest BCUT2D eigenvalue weighted by Gasteiger charge is 2.29. The number of phenolic OH excluding ortho intramolecular Hbond substituents is 1. The highest BCUT2D eigenvalue weighted by Crippen LogP contribution is 2.43. The summed E-state index contributed by atoms with van der Waals surface area (Å²) < 4.78 is 10.8. The number of carbonyl (C=O) groups excluding carboxylic acids is 2. The Bertz CT molecular complexity index is 942. The Balaban J connectivity index is 2.02. The predicted octanol–water partition coefficient (Wildman–Crippen LogP) is 3.29. The molecule has 1 fully saturated rings. The fraction of sp³-hybridized carbons (Fsp3) is 0.417. The summed E-state index contributed by atoms with van der Waals surface area (Å²) in [4.78, 5) is 26.6. The number of methoxy groups -OCH3 is 2. The van der Waals surface area contributed by atoms with Crippen LogP contribution in [0.2, 0.25) is 0 Å². The second kappa shape index (κ2) is 9.73. The zero-order valence-corrected chi connectivity index (χ0v) is 18.3. The van der Waals surface area contributed by atoms with Crippen LogP contribution in [-0.4, -0.2) is 49.1 Å². The minimum Gasteiger partial charge on any atom is -0.507 e. The topological polar surface area (TPSA) is 102 Å². The summed E-state index contributed by atoms with van der Waals surface area (Å²) in [6.45, 7) is 3.62. The van der Waals surface area contributed by atoms with Crippen LogP contribution in [0.5, 0.6) is 17.2 Å². The van der Waals surface area contributed by atoms with Gasteiger partial charge in [-0.2, -0.15) is 0 Å². The number of carbonyl (C=O) groups is 2. The summed E-state index contributed by atoms with van der Waals surface area (Å²) in [6.07, 6.45) is 2.27. The molecule has 0 radical (unpaired) electrons. The number of ether oxygens (including phenoxy) is 2. The van der Waals surface area contributed by atoms with Gasteiger partial charge in [-0.05, 0) is 36.5 Å². The van der Waals surface area contributed by atoms with Gasteiger partial charge in [-0.25, -0.2) is 0 Å². The summed E-state index contributed by atoms with van der Waals surface area (Å²) >= 11 is 0. The molecule has 2 aromatic rings. The van der Waals surface area contributed by atoms with Gasteiger partial charge in [-0.3, -0.25) is 9.59 Å². The number of likely N-dealkylation sites (tertiary alicyclic amines) is 1. The number of nitrogens with zero attached hydrogens (tertiary/aromatic N) is 1. The lowest BCUT2D eigenvalue weighted by Crippen LogP contribution is -2.39. The first-order valence-electron chi connectivity index (χ1n) is 10.5. The van der Waals surface area contributed by atoms with Gasteiger partial charge < -0.3 is 25.2 Å². The SMILES string of the molecule is COc1cc(O)c(C(CC(=O)N2CCCC(C)C2)c2ccc(C(N)=O)cc2)c(OC)c1. The second-order valence-corrected chi connectivity index (χ2v) is 8.09. The monoisotopic (exact) mass is 426 g/mol. The molecule has 0 spiro atoms. The van der Waals surface area contributed by atoms with Crippen LogP contribution in [0.25, 0.3) is 0 Å². The molecule has 7 nitrogen and oxygen atoms in total. The number of rotatable bonds is 7. The Morgan fingerprint density at radius 2 is 1.90 bits per heavy atom. The molecule has 2 amide bonds. The van der Waals surface area contributed by atoms with Crippen LogP contribution in [0.4, 0.5) is 0 Å². The van der Waals surface area contributed by atoms with E-state index in [1.165, 1.54) is 20.3 Å². The Morgan fingerprint density at radius 3 is 2.48 bits per heavy atom. The van der Waals surface area contributed by atoms with Crippen molar-refractivity contribution in [3.8, 4) is 17.2 Å².